The van der Waals surface area contributed by atoms with Crippen LogP contribution in [-0.4, -0.2) is 35.3 Å². The van der Waals surface area contributed by atoms with E-state index < -0.39 is 15.8 Å². The smallest absolute Gasteiger partial charge is 0.311 e. The molecule has 1 N–H and O–H groups in total. The Labute approximate surface area is 164 Å². The number of rotatable bonds is 6. The van der Waals surface area contributed by atoms with Crippen molar-refractivity contribution in [2.45, 2.75) is 31.6 Å². The zero-order valence-electron chi connectivity index (χ0n) is 16.0. The van der Waals surface area contributed by atoms with Crippen LogP contribution in [0.25, 0.3) is 16.8 Å². The van der Waals surface area contributed by atoms with Gasteiger partial charge in [0.1, 0.15) is 12.2 Å². The number of imidazole rings is 1. The summed E-state index contributed by atoms with van der Waals surface area (Å²) in [6.45, 7) is 3.75. The van der Waals surface area contributed by atoms with Crippen molar-refractivity contribution in [2.75, 3.05) is 6.26 Å². The van der Waals surface area contributed by atoms with Crippen molar-refractivity contribution in [1.29, 1.82) is 0 Å². The van der Waals surface area contributed by atoms with Gasteiger partial charge in [0, 0.05) is 18.1 Å². The van der Waals surface area contributed by atoms with Gasteiger partial charge in [-0.15, -0.1) is 0 Å². The first-order chi connectivity index (χ1) is 13.2. The molecule has 0 unspecified atom stereocenters. The largest absolute Gasteiger partial charge is 0.481 e. The number of benzene rings is 2. The van der Waals surface area contributed by atoms with Gasteiger partial charge in [0.05, 0.1) is 10.6 Å². The third kappa shape index (κ3) is 4.14. The maximum atomic E-state index is 12.1. The predicted molar refractivity (Wildman–Crippen MR) is 108 cm³/mol. The maximum absolute atomic E-state index is 12.1. The second-order valence-electron chi connectivity index (χ2n) is 6.73. The van der Waals surface area contributed by atoms with E-state index in [1.54, 1.807) is 16.8 Å². The monoisotopic (exact) mass is 398 g/mol. The van der Waals surface area contributed by atoms with Crippen LogP contribution in [0.1, 0.15) is 24.0 Å². The number of aliphatic carboxylic acids is 1. The van der Waals surface area contributed by atoms with E-state index in [0.29, 0.717) is 17.1 Å². The Morgan fingerprint density at radius 2 is 1.75 bits per heavy atom. The summed E-state index contributed by atoms with van der Waals surface area (Å²) in [5, 5.41) is 9.07. The summed E-state index contributed by atoms with van der Waals surface area (Å²) in [5.41, 5.74) is 4.04. The number of hydrogen-bond acceptors (Lipinski definition) is 4. The number of carboxylic acids is 1. The first kappa shape index (κ1) is 19.8. The molecule has 0 saturated heterocycles. The molecule has 6 nitrogen and oxygen atoms in total. The van der Waals surface area contributed by atoms with Gasteiger partial charge < -0.3 is 9.67 Å². The lowest BCUT2D eigenvalue weighted by Crippen LogP contribution is -2.07. The zero-order valence-corrected chi connectivity index (χ0v) is 16.8. The van der Waals surface area contributed by atoms with E-state index in [2.05, 4.69) is 4.98 Å². The fraction of sp³-hybridized carbons (Fsp3) is 0.238. The Hall–Kier alpha value is -2.93. The molecule has 0 saturated carbocycles. The summed E-state index contributed by atoms with van der Waals surface area (Å²) in [5.74, 6) is -0.475. The second kappa shape index (κ2) is 7.59. The molecule has 0 amide bonds. The van der Waals surface area contributed by atoms with E-state index in [1.165, 1.54) is 6.26 Å². The summed E-state index contributed by atoms with van der Waals surface area (Å²) in [7, 11) is -3.31. The third-order valence-corrected chi connectivity index (χ3v) is 5.71. The van der Waals surface area contributed by atoms with Crippen molar-refractivity contribution in [3.8, 4) is 16.8 Å². The van der Waals surface area contributed by atoms with Gasteiger partial charge in [-0.1, -0.05) is 31.2 Å². The number of carbonyl (C=O) groups is 1. The molecule has 7 heteroatoms. The van der Waals surface area contributed by atoms with E-state index >= 15 is 0 Å². The van der Waals surface area contributed by atoms with Crippen LogP contribution in [0.3, 0.4) is 0 Å². The number of sulfone groups is 1. The minimum atomic E-state index is -3.31. The van der Waals surface area contributed by atoms with Crippen molar-refractivity contribution in [3.63, 3.8) is 0 Å². The van der Waals surface area contributed by atoms with E-state index in [0.717, 1.165) is 28.1 Å². The summed E-state index contributed by atoms with van der Waals surface area (Å²) >= 11 is 0. The van der Waals surface area contributed by atoms with Gasteiger partial charge in [0.15, 0.2) is 9.84 Å². The molecule has 1 aromatic heterocycles. The Kier molecular flexibility index (Phi) is 5.38. The Bertz CT molecular complexity index is 1130. The van der Waals surface area contributed by atoms with Crippen molar-refractivity contribution in [3.05, 3.63) is 65.7 Å². The fourth-order valence-corrected chi connectivity index (χ4v) is 4.25. The predicted octanol–water partition coefficient (Wildman–Crippen LogP) is 3.44. The molecule has 28 heavy (non-hydrogen) atoms. The van der Waals surface area contributed by atoms with Crippen molar-refractivity contribution in [1.82, 2.24) is 9.55 Å². The molecule has 146 valence electrons. The van der Waals surface area contributed by atoms with Crippen LogP contribution in [0.4, 0.5) is 0 Å². The van der Waals surface area contributed by atoms with Crippen LogP contribution in [0.15, 0.2) is 53.6 Å². The minimum absolute atomic E-state index is 0.161. The van der Waals surface area contributed by atoms with Gasteiger partial charge in [-0.3, -0.25) is 4.79 Å². The Balaban J connectivity index is 1.99. The van der Waals surface area contributed by atoms with Crippen LogP contribution in [-0.2, 0) is 27.5 Å². The fourth-order valence-electron chi connectivity index (χ4n) is 3.22. The average Bonchev–Trinajstić information content (AvgIpc) is 3.00. The van der Waals surface area contributed by atoms with Gasteiger partial charge in [-0.05, 0) is 48.2 Å². The number of nitrogens with zero attached hydrogens (tertiary/aromatic N) is 2. The van der Waals surface area contributed by atoms with E-state index in [4.69, 9.17) is 5.11 Å². The number of aromatic nitrogens is 2. The van der Waals surface area contributed by atoms with Gasteiger partial charge in [-0.2, -0.15) is 0 Å². The lowest BCUT2D eigenvalue weighted by molar-refractivity contribution is -0.136. The molecule has 0 bridgehead atoms. The number of aryl methyl sites for hydroxylation is 2. The van der Waals surface area contributed by atoms with E-state index in [9.17, 15) is 13.2 Å². The Morgan fingerprint density at radius 1 is 1.11 bits per heavy atom. The molecule has 0 aliphatic carbocycles. The molecule has 0 spiro atoms. The van der Waals surface area contributed by atoms with Crippen LogP contribution in [0.5, 0.6) is 0 Å². The minimum Gasteiger partial charge on any atom is -0.481 e. The first-order valence-electron chi connectivity index (χ1n) is 8.89. The first-order valence-corrected chi connectivity index (χ1v) is 10.8. The molecule has 0 aliphatic heterocycles. The second-order valence-corrected chi connectivity index (χ2v) is 8.72. The molecular weight excluding hydrogens is 376 g/mol. The molecule has 3 aromatic rings. The normalized spacial score (nSPS) is 11.5. The van der Waals surface area contributed by atoms with Crippen molar-refractivity contribution >= 4 is 15.8 Å². The van der Waals surface area contributed by atoms with Crippen LogP contribution in [0.2, 0.25) is 0 Å². The molecular formula is C21H22N2O4S. The standard InChI is InChI=1S/C21H22N2O4S/c1-4-15-5-6-17(11-19(15)28(3,26)27)16-7-9-18(10-8-16)23-13-14(2)22-20(23)12-21(24)25/h5-11,13H,4,12H2,1-3H3,(H,24,25). The van der Waals surface area contributed by atoms with Gasteiger partial charge >= 0.3 is 5.97 Å². The lowest BCUT2D eigenvalue weighted by atomic mass is 10.0. The summed E-state index contributed by atoms with van der Waals surface area (Å²) in [6.07, 6.45) is 3.50. The summed E-state index contributed by atoms with van der Waals surface area (Å²) < 4.78 is 26.0. The van der Waals surface area contributed by atoms with E-state index in [1.807, 2.05) is 50.2 Å². The SMILES string of the molecule is CCc1ccc(-c2ccc(-n3cc(C)nc3CC(=O)O)cc2)cc1S(C)(=O)=O. The van der Waals surface area contributed by atoms with Gasteiger partial charge in [0.25, 0.3) is 0 Å². The highest BCUT2D eigenvalue weighted by atomic mass is 32.2. The maximum Gasteiger partial charge on any atom is 0.311 e. The topological polar surface area (TPSA) is 89.3 Å². The highest BCUT2D eigenvalue weighted by molar-refractivity contribution is 7.90. The number of hydrogen-bond donors (Lipinski definition) is 1. The molecule has 0 aliphatic rings. The molecule has 0 fully saturated rings. The Morgan fingerprint density at radius 3 is 2.32 bits per heavy atom. The third-order valence-electron chi connectivity index (χ3n) is 4.54. The quantitative estimate of drug-likeness (QED) is 0.687. The molecule has 0 radical (unpaired) electrons. The highest BCUT2D eigenvalue weighted by Crippen LogP contribution is 2.27. The number of carboxylic acid groups (broad SMARTS) is 1. The lowest BCUT2D eigenvalue weighted by Gasteiger charge is -2.11. The van der Waals surface area contributed by atoms with Gasteiger partial charge in [-0.25, -0.2) is 13.4 Å². The van der Waals surface area contributed by atoms with Crippen LogP contribution >= 0.6 is 0 Å². The zero-order chi connectivity index (χ0) is 20.5. The van der Waals surface area contributed by atoms with Crippen LogP contribution < -0.4 is 0 Å². The van der Waals surface area contributed by atoms with Crippen LogP contribution in [0, 0.1) is 6.92 Å². The van der Waals surface area contributed by atoms with Crippen molar-refractivity contribution in [2.24, 2.45) is 0 Å². The summed E-state index contributed by atoms with van der Waals surface area (Å²) in [6, 6.07) is 13.0. The molecule has 2 aromatic carbocycles. The average molecular weight is 398 g/mol. The highest BCUT2D eigenvalue weighted by Gasteiger charge is 2.15. The molecule has 1 heterocycles. The summed E-state index contributed by atoms with van der Waals surface area (Å²) in [4.78, 5) is 15.7. The van der Waals surface area contributed by atoms with Gasteiger partial charge in [0.2, 0.25) is 0 Å². The van der Waals surface area contributed by atoms with E-state index in [-0.39, 0.29) is 6.42 Å². The van der Waals surface area contributed by atoms with Crippen molar-refractivity contribution < 1.29 is 18.3 Å². The molecule has 0 atom stereocenters. The molecule has 3 rings (SSSR count).